The van der Waals surface area contributed by atoms with Gasteiger partial charge in [0.05, 0.1) is 11.0 Å². The lowest BCUT2D eigenvalue weighted by atomic mass is 10.4. The van der Waals surface area contributed by atoms with Gasteiger partial charge in [-0.25, -0.2) is 0 Å². The maximum absolute atomic E-state index is 10.8. The molecule has 0 radical (unpaired) electrons. The molecule has 0 aliphatic rings. The molecule has 2 nitrogen and oxygen atoms in total. The predicted molar refractivity (Wildman–Crippen MR) is 54.1 cm³/mol. The summed E-state index contributed by atoms with van der Waals surface area (Å²) in [5.74, 6) is 6.59. The highest BCUT2D eigenvalue weighted by Gasteiger charge is 2.01. The third kappa shape index (κ3) is 6.11. The van der Waals surface area contributed by atoms with Crippen molar-refractivity contribution in [1.29, 1.82) is 0 Å². The number of rotatable bonds is 3. The van der Waals surface area contributed by atoms with Crippen LogP contribution >= 0.6 is 11.8 Å². The summed E-state index contributed by atoms with van der Waals surface area (Å²) < 4.78 is 0. The number of hydrogen-bond acceptors (Lipinski definition) is 2. The second kappa shape index (κ2) is 7.05. The maximum Gasteiger partial charge on any atom is 0.229 e. The summed E-state index contributed by atoms with van der Waals surface area (Å²) in [5.41, 5.74) is 0. The second-order valence-electron chi connectivity index (χ2n) is 2.30. The molecule has 0 saturated carbocycles. The van der Waals surface area contributed by atoms with Crippen molar-refractivity contribution in [1.82, 2.24) is 5.32 Å². The minimum absolute atomic E-state index is 0.0603. The van der Waals surface area contributed by atoms with Gasteiger partial charge in [0.1, 0.15) is 0 Å². The average Bonchev–Trinajstić information content (AvgIpc) is 2.10. The molecule has 68 valence electrons. The molecule has 0 rings (SSSR count). The molecule has 1 atom stereocenters. The fraction of sp³-hybridized carbons (Fsp3) is 0.667. The summed E-state index contributed by atoms with van der Waals surface area (Å²) in [7, 11) is 1.64. The first-order chi connectivity index (χ1) is 5.70. The van der Waals surface area contributed by atoms with E-state index in [4.69, 9.17) is 0 Å². The Kier molecular flexibility index (Phi) is 6.69. The van der Waals surface area contributed by atoms with Gasteiger partial charge in [-0.05, 0) is 6.92 Å². The van der Waals surface area contributed by atoms with Crippen molar-refractivity contribution < 1.29 is 4.79 Å². The number of nitrogens with one attached hydrogen (secondary N) is 1. The predicted octanol–water partition coefficient (Wildman–Crippen LogP) is 1.27. The zero-order chi connectivity index (χ0) is 9.40. The van der Waals surface area contributed by atoms with Gasteiger partial charge < -0.3 is 5.32 Å². The van der Waals surface area contributed by atoms with Crippen molar-refractivity contribution in [2.24, 2.45) is 0 Å². The number of carbonyl (C=O) groups excluding carboxylic acids is 1. The quantitative estimate of drug-likeness (QED) is 0.671. The number of hydrogen-bond donors (Lipinski definition) is 1. The first-order valence-corrected chi connectivity index (χ1v) is 5.06. The zero-order valence-electron chi connectivity index (χ0n) is 7.81. The van der Waals surface area contributed by atoms with Crippen molar-refractivity contribution in [2.45, 2.75) is 25.5 Å². The van der Waals surface area contributed by atoms with Crippen LogP contribution in [0.2, 0.25) is 0 Å². The van der Waals surface area contributed by atoms with Crippen LogP contribution in [0, 0.1) is 11.8 Å². The van der Waals surface area contributed by atoms with Crippen LogP contribution in [0.15, 0.2) is 0 Å². The summed E-state index contributed by atoms with van der Waals surface area (Å²) >= 11 is 1.56. The third-order valence-corrected chi connectivity index (χ3v) is 2.27. The Labute approximate surface area is 78.5 Å². The highest BCUT2D eigenvalue weighted by Crippen LogP contribution is 2.07. The highest BCUT2D eigenvalue weighted by atomic mass is 32.2. The van der Waals surface area contributed by atoms with E-state index in [1.54, 1.807) is 18.8 Å². The normalized spacial score (nSPS) is 11.2. The van der Waals surface area contributed by atoms with Gasteiger partial charge in [-0.15, -0.1) is 17.7 Å². The molecule has 1 unspecified atom stereocenters. The molecule has 0 aromatic rings. The fourth-order valence-corrected chi connectivity index (χ4v) is 1.27. The molecule has 0 aromatic carbocycles. The Balaban J connectivity index is 3.56. The Morgan fingerprint density at radius 2 is 2.33 bits per heavy atom. The molecule has 3 heteroatoms. The SMILES string of the molecule is CCC#CC(C)SCC(=O)NC. The van der Waals surface area contributed by atoms with Gasteiger partial charge in [0.2, 0.25) is 5.91 Å². The molecule has 0 saturated heterocycles. The fourth-order valence-electron chi connectivity index (χ4n) is 0.560. The zero-order valence-corrected chi connectivity index (χ0v) is 8.62. The molecule has 0 bridgehead atoms. The van der Waals surface area contributed by atoms with Gasteiger partial charge in [-0.1, -0.05) is 12.8 Å². The van der Waals surface area contributed by atoms with Gasteiger partial charge >= 0.3 is 0 Å². The van der Waals surface area contributed by atoms with Crippen LogP contribution in [0.5, 0.6) is 0 Å². The van der Waals surface area contributed by atoms with Gasteiger partial charge in [-0.2, -0.15) is 0 Å². The van der Waals surface area contributed by atoms with Crippen LogP contribution in [0.25, 0.3) is 0 Å². The van der Waals surface area contributed by atoms with Crippen molar-refractivity contribution in [3.05, 3.63) is 0 Å². The lowest BCUT2D eigenvalue weighted by molar-refractivity contribution is -0.118. The molecule has 1 N–H and O–H groups in total. The minimum atomic E-state index is 0.0603. The van der Waals surface area contributed by atoms with Crippen molar-refractivity contribution in [3.8, 4) is 11.8 Å². The van der Waals surface area contributed by atoms with Gasteiger partial charge in [0.15, 0.2) is 0 Å². The van der Waals surface area contributed by atoms with E-state index in [1.165, 1.54) is 0 Å². The van der Waals surface area contributed by atoms with Crippen LogP contribution in [-0.2, 0) is 4.79 Å². The Morgan fingerprint density at radius 3 is 2.83 bits per heavy atom. The van der Waals surface area contributed by atoms with Crippen molar-refractivity contribution >= 4 is 17.7 Å². The Bertz CT molecular complexity index is 192. The number of thioether (sulfide) groups is 1. The summed E-state index contributed by atoms with van der Waals surface area (Å²) in [6, 6.07) is 0. The second-order valence-corrected chi connectivity index (χ2v) is 3.63. The van der Waals surface area contributed by atoms with E-state index in [1.807, 2.05) is 13.8 Å². The van der Waals surface area contributed by atoms with E-state index >= 15 is 0 Å². The minimum Gasteiger partial charge on any atom is -0.358 e. The molecule has 0 heterocycles. The van der Waals surface area contributed by atoms with Crippen LogP contribution in [0.1, 0.15) is 20.3 Å². The van der Waals surface area contributed by atoms with Crippen molar-refractivity contribution in [2.75, 3.05) is 12.8 Å². The smallest absolute Gasteiger partial charge is 0.229 e. The molecule has 0 aliphatic carbocycles. The van der Waals surface area contributed by atoms with Gasteiger partial charge in [0.25, 0.3) is 0 Å². The van der Waals surface area contributed by atoms with Crippen LogP contribution in [0.4, 0.5) is 0 Å². The van der Waals surface area contributed by atoms with Gasteiger partial charge in [0, 0.05) is 13.5 Å². The summed E-state index contributed by atoms with van der Waals surface area (Å²) in [4.78, 5) is 10.8. The summed E-state index contributed by atoms with van der Waals surface area (Å²) in [6.07, 6.45) is 0.880. The van der Waals surface area contributed by atoms with E-state index in [0.717, 1.165) is 6.42 Å². The summed E-state index contributed by atoms with van der Waals surface area (Å²) in [6.45, 7) is 4.03. The van der Waals surface area contributed by atoms with E-state index in [-0.39, 0.29) is 11.2 Å². The molecule has 0 aromatic heterocycles. The number of amides is 1. The lowest BCUT2D eigenvalue weighted by Gasteiger charge is -2.01. The summed E-state index contributed by atoms with van der Waals surface area (Å²) in [5, 5.41) is 2.82. The standard InChI is InChI=1S/C9H15NOS/c1-4-5-6-8(2)12-7-9(11)10-3/h8H,4,7H2,1-3H3,(H,10,11). The molecule has 0 spiro atoms. The monoisotopic (exact) mass is 185 g/mol. The van der Waals surface area contributed by atoms with E-state index in [0.29, 0.717) is 5.75 Å². The molecular formula is C9H15NOS. The van der Waals surface area contributed by atoms with E-state index < -0.39 is 0 Å². The molecular weight excluding hydrogens is 170 g/mol. The van der Waals surface area contributed by atoms with Crippen molar-refractivity contribution in [3.63, 3.8) is 0 Å². The van der Waals surface area contributed by atoms with Crippen LogP contribution < -0.4 is 5.32 Å². The Hall–Kier alpha value is -0.620. The molecule has 0 fully saturated rings. The van der Waals surface area contributed by atoms with Gasteiger partial charge in [-0.3, -0.25) is 4.79 Å². The topological polar surface area (TPSA) is 29.1 Å². The maximum atomic E-state index is 10.8. The van der Waals surface area contributed by atoms with Crippen LogP contribution in [0.3, 0.4) is 0 Å². The molecule has 0 aliphatic heterocycles. The number of carbonyl (C=O) groups is 1. The first-order valence-electron chi connectivity index (χ1n) is 4.01. The van der Waals surface area contributed by atoms with E-state index in [9.17, 15) is 4.79 Å². The van der Waals surface area contributed by atoms with Crippen LogP contribution in [-0.4, -0.2) is 24.0 Å². The largest absolute Gasteiger partial charge is 0.358 e. The molecule has 1 amide bonds. The average molecular weight is 185 g/mol. The first kappa shape index (κ1) is 11.4. The third-order valence-electron chi connectivity index (χ3n) is 1.23. The lowest BCUT2D eigenvalue weighted by Crippen LogP contribution is -2.20. The highest BCUT2D eigenvalue weighted by molar-refractivity contribution is 8.00. The Morgan fingerprint density at radius 1 is 1.67 bits per heavy atom. The molecule has 12 heavy (non-hydrogen) atoms. The van der Waals surface area contributed by atoms with E-state index in [2.05, 4.69) is 17.2 Å².